The number of hydrogen-bond acceptors (Lipinski definition) is 4. The van der Waals surface area contributed by atoms with Gasteiger partial charge in [0.25, 0.3) is 5.91 Å². The monoisotopic (exact) mass is 486 g/mol. The Labute approximate surface area is 208 Å². The Balaban J connectivity index is 1.21. The average molecular weight is 487 g/mol. The number of imidazole rings is 1. The SMILES string of the molecule is Cn1c(CN2CCN(C(=O)c3cccc(Cc4ccc(F)cc4)c3)CC2)nc2ccc(C(=O)O)cc21. The van der Waals surface area contributed by atoms with Crippen LogP contribution in [0.3, 0.4) is 0 Å². The summed E-state index contributed by atoms with van der Waals surface area (Å²) in [5.74, 6) is -0.341. The number of piperazine rings is 1. The molecule has 2 heterocycles. The fourth-order valence-corrected chi connectivity index (χ4v) is 4.66. The van der Waals surface area contributed by atoms with E-state index in [0.717, 1.165) is 41.1 Å². The van der Waals surface area contributed by atoms with Crippen LogP contribution in [0.2, 0.25) is 0 Å². The quantitative estimate of drug-likeness (QED) is 0.446. The maximum atomic E-state index is 13.2. The number of halogens is 1. The maximum Gasteiger partial charge on any atom is 0.335 e. The summed E-state index contributed by atoms with van der Waals surface area (Å²) >= 11 is 0. The van der Waals surface area contributed by atoms with Crippen molar-refractivity contribution < 1.29 is 19.1 Å². The first kappa shape index (κ1) is 23.7. The number of nitrogens with zero attached hydrogens (tertiary/aromatic N) is 4. The molecule has 184 valence electrons. The van der Waals surface area contributed by atoms with E-state index >= 15 is 0 Å². The number of aryl methyl sites for hydroxylation is 1. The number of fused-ring (bicyclic) bond motifs is 1. The van der Waals surface area contributed by atoms with Gasteiger partial charge in [0.05, 0.1) is 23.1 Å². The number of carbonyl (C=O) groups is 2. The van der Waals surface area contributed by atoms with Crippen molar-refractivity contribution in [3.63, 3.8) is 0 Å². The molecule has 1 amide bonds. The number of aromatic nitrogens is 2. The van der Waals surface area contributed by atoms with Crippen molar-refractivity contribution >= 4 is 22.9 Å². The van der Waals surface area contributed by atoms with Gasteiger partial charge in [-0.3, -0.25) is 9.69 Å². The van der Waals surface area contributed by atoms with E-state index in [4.69, 9.17) is 0 Å². The van der Waals surface area contributed by atoms with Crippen molar-refractivity contribution in [1.29, 1.82) is 0 Å². The number of carbonyl (C=O) groups excluding carboxylic acids is 1. The number of amides is 1. The average Bonchev–Trinajstić information content (AvgIpc) is 3.20. The van der Waals surface area contributed by atoms with Gasteiger partial charge in [0, 0.05) is 38.8 Å². The summed E-state index contributed by atoms with van der Waals surface area (Å²) in [5.41, 5.74) is 4.47. The number of carboxylic acids is 1. The highest BCUT2D eigenvalue weighted by molar-refractivity contribution is 5.94. The summed E-state index contributed by atoms with van der Waals surface area (Å²) in [6.45, 7) is 3.32. The largest absolute Gasteiger partial charge is 0.478 e. The van der Waals surface area contributed by atoms with Gasteiger partial charge < -0.3 is 14.6 Å². The van der Waals surface area contributed by atoms with Crippen LogP contribution in [0.15, 0.2) is 66.7 Å². The molecule has 1 aromatic heterocycles. The molecule has 0 unspecified atom stereocenters. The fraction of sp³-hybridized carbons (Fsp3) is 0.250. The van der Waals surface area contributed by atoms with Crippen LogP contribution in [0.5, 0.6) is 0 Å². The molecule has 1 aliphatic rings. The summed E-state index contributed by atoms with van der Waals surface area (Å²) in [7, 11) is 1.90. The normalized spacial score (nSPS) is 14.3. The second-order valence-corrected chi connectivity index (χ2v) is 9.17. The summed E-state index contributed by atoms with van der Waals surface area (Å²) in [6.07, 6.45) is 0.640. The van der Waals surface area contributed by atoms with E-state index in [2.05, 4.69) is 9.88 Å². The number of carboxylic acid groups (broad SMARTS) is 1. The Bertz CT molecular complexity index is 1420. The minimum absolute atomic E-state index is 0.0135. The van der Waals surface area contributed by atoms with E-state index in [1.807, 2.05) is 40.8 Å². The molecular weight excluding hydrogens is 459 g/mol. The highest BCUT2D eigenvalue weighted by Crippen LogP contribution is 2.20. The maximum absolute atomic E-state index is 13.2. The fourth-order valence-electron chi connectivity index (χ4n) is 4.66. The van der Waals surface area contributed by atoms with Crippen LogP contribution in [-0.4, -0.2) is 62.5 Å². The Morgan fingerprint density at radius 1 is 0.917 bits per heavy atom. The van der Waals surface area contributed by atoms with Crippen molar-refractivity contribution in [2.75, 3.05) is 26.2 Å². The van der Waals surface area contributed by atoms with Gasteiger partial charge in [-0.25, -0.2) is 14.2 Å². The van der Waals surface area contributed by atoms with Gasteiger partial charge in [-0.15, -0.1) is 0 Å². The Hall–Kier alpha value is -4.04. The summed E-state index contributed by atoms with van der Waals surface area (Å²) in [5, 5.41) is 9.26. The zero-order chi connectivity index (χ0) is 25.2. The molecule has 0 spiro atoms. The molecule has 1 saturated heterocycles. The molecule has 4 aromatic rings. The van der Waals surface area contributed by atoms with Gasteiger partial charge in [0.2, 0.25) is 0 Å². The van der Waals surface area contributed by atoms with Crippen molar-refractivity contribution in [2.45, 2.75) is 13.0 Å². The van der Waals surface area contributed by atoms with E-state index in [9.17, 15) is 19.1 Å². The van der Waals surface area contributed by atoms with Gasteiger partial charge in [0.15, 0.2) is 0 Å². The second kappa shape index (κ2) is 9.91. The molecule has 1 fully saturated rings. The lowest BCUT2D eigenvalue weighted by atomic mass is 10.0. The number of hydrogen-bond donors (Lipinski definition) is 1. The molecule has 3 aromatic carbocycles. The topological polar surface area (TPSA) is 78.7 Å². The molecule has 0 bridgehead atoms. The molecule has 0 radical (unpaired) electrons. The first-order valence-electron chi connectivity index (χ1n) is 11.9. The molecule has 1 N–H and O–H groups in total. The van der Waals surface area contributed by atoms with Gasteiger partial charge in [-0.05, 0) is 60.0 Å². The van der Waals surface area contributed by atoms with E-state index in [1.54, 1.807) is 30.3 Å². The van der Waals surface area contributed by atoms with Crippen molar-refractivity contribution in [3.8, 4) is 0 Å². The van der Waals surface area contributed by atoms with Gasteiger partial charge in [-0.1, -0.05) is 24.3 Å². The highest BCUT2D eigenvalue weighted by Gasteiger charge is 2.23. The first-order valence-corrected chi connectivity index (χ1v) is 11.9. The number of rotatable bonds is 6. The lowest BCUT2D eigenvalue weighted by molar-refractivity contribution is 0.0623. The molecule has 36 heavy (non-hydrogen) atoms. The van der Waals surface area contributed by atoms with Crippen molar-refractivity contribution in [3.05, 3.63) is 101 Å². The number of aromatic carboxylic acids is 1. The number of benzene rings is 3. The van der Waals surface area contributed by atoms with Crippen LogP contribution in [0, 0.1) is 5.82 Å². The highest BCUT2D eigenvalue weighted by atomic mass is 19.1. The minimum atomic E-state index is -0.957. The molecule has 5 rings (SSSR count). The predicted molar refractivity (Wildman–Crippen MR) is 135 cm³/mol. The molecule has 0 saturated carbocycles. The zero-order valence-corrected chi connectivity index (χ0v) is 20.0. The molecular formula is C28H27FN4O3. The third-order valence-electron chi connectivity index (χ3n) is 6.74. The van der Waals surface area contributed by atoms with Crippen LogP contribution in [-0.2, 0) is 20.0 Å². The smallest absolute Gasteiger partial charge is 0.335 e. The third-order valence-corrected chi connectivity index (χ3v) is 6.74. The molecule has 7 nitrogen and oxygen atoms in total. The summed E-state index contributed by atoms with van der Waals surface area (Å²) in [6, 6.07) is 19.0. The molecule has 0 aliphatic carbocycles. The van der Waals surface area contributed by atoms with Crippen molar-refractivity contribution in [2.24, 2.45) is 7.05 Å². The van der Waals surface area contributed by atoms with Crippen LogP contribution in [0.4, 0.5) is 4.39 Å². The zero-order valence-electron chi connectivity index (χ0n) is 20.0. The lowest BCUT2D eigenvalue weighted by Gasteiger charge is -2.34. The summed E-state index contributed by atoms with van der Waals surface area (Å²) in [4.78, 5) is 33.3. The van der Waals surface area contributed by atoms with Crippen LogP contribution < -0.4 is 0 Å². The lowest BCUT2D eigenvalue weighted by Crippen LogP contribution is -2.48. The van der Waals surface area contributed by atoms with Gasteiger partial charge in [0.1, 0.15) is 11.6 Å². The van der Waals surface area contributed by atoms with Gasteiger partial charge in [-0.2, -0.15) is 0 Å². The molecule has 1 aliphatic heterocycles. The first-order chi connectivity index (χ1) is 17.4. The van der Waals surface area contributed by atoms with E-state index < -0.39 is 5.97 Å². The van der Waals surface area contributed by atoms with Gasteiger partial charge >= 0.3 is 5.97 Å². The Morgan fingerprint density at radius 3 is 2.39 bits per heavy atom. The Morgan fingerprint density at radius 2 is 1.67 bits per heavy atom. The molecule has 0 atom stereocenters. The third kappa shape index (κ3) is 4.99. The van der Waals surface area contributed by atoms with Crippen LogP contribution in [0.25, 0.3) is 11.0 Å². The summed E-state index contributed by atoms with van der Waals surface area (Å²) < 4.78 is 15.1. The van der Waals surface area contributed by atoms with Crippen LogP contribution >= 0.6 is 0 Å². The predicted octanol–water partition coefficient (Wildman–Crippen LogP) is 3.96. The Kier molecular flexibility index (Phi) is 6.52. The minimum Gasteiger partial charge on any atom is -0.478 e. The molecule has 8 heteroatoms. The van der Waals surface area contributed by atoms with Crippen LogP contribution in [0.1, 0.15) is 37.7 Å². The second-order valence-electron chi connectivity index (χ2n) is 9.17. The van der Waals surface area contributed by atoms with Crippen molar-refractivity contribution in [1.82, 2.24) is 19.4 Å². The van der Waals surface area contributed by atoms with E-state index in [-0.39, 0.29) is 17.3 Å². The van der Waals surface area contributed by atoms with E-state index in [1.165, 1.54) is 12.1 Å². The van der Waals surface area contributed by atoms with E-state index in [0.29, 0.717) is 31.6 Å². The standard InChI is InChI=1S/C28H27FN4O3/c1-31-25-17-22(28(35)36)7-10-24(25)30-26(31)18-32-11-13-33(14-12-32)27(34)21-4-2-3-20(16-21)15-19-5-8-23(29)9-6-19/h2-10,16-17H,11-15,18H2,1H3,(H,35,36).